The number of rotatable bonds is 3. The third-order valence-corrected chi connectivity index (χ3v) is 4.77. The van der Waals surface area contributed by atoms with Gasteiger partial charge in [0.2, 0.25) is 0 Å². The Balaban J connectivity index is 2.09. The molecule has 1 saturated heterocycles. The predicted octanol–water partition coefficient (Wildman–Crippen LogP) is 3.40. The molecule has 2 heterocycles. The average molecular weight is 429 g/mol. The highest BCUT2D eigenvalue weighted by atomic mass is 19.4. The van der Waals surface area contributed by atoms with Gasteiger partial charge in [-0.25, -0.2) is 4.39 Å². The molecule has 1 aromatic carbocycles. The summed E-state index contributed by atoms with van der Waals surface area (Å²) in [4.78, 5) is 16.5. The first-order valence-corrected chi connectivity index (χ1v) is 9.35. The second-order valence-corrected chi connectivity index (χ2v) is 8.00. The van der Waals surface area contributed by atoms with E-state index >= 15 is 0 Å². The largest absolute Gasteiger partial charge is 0.419 e. The number of benzene rings is 1. The standard InChI is InChI=1S/C20H23F4N3O3/c1-19(2,3)14-10-15(27(26(14)4)11-16-29-8-9-30-16)25-18(28)12-6-5-7-13(17(12)21)20(22,23)24/h5-7,10,16H,8-9,11H2,1-4H3/b25-15-. The number of hydrogen-bond acceptors (Lipinski definition) is 3. The number of carbonyl (C=O) groups is 1. The van der Waals surface area contributed by atoms with Gasteiger partial charge in [0.05, 0.1) is 30.9 Å². The van der Waals surface area contributed by atoms with Crippen LogP contribution in [0.1, 0.15) is 42.4 Å². The first-order chi connectivity index (χ1) is 13.9. The molecule has 164 valence electrons. The Hall–Kier alpha value is -2.46. The Bertz CT molecular complexity index is 1010. The molecule has 1 aromatic heterocycles. The number of ether oxygens (including phenoxy) is 2. The van der Waals surface area contributed by atoms with Crippen LogP contribution in [0.4, 0.5) is 17.6 Å². The van der Waals surface area contributed by atoms with E-state index < -0.39 is 35.3 Å². The van der Waals surface area contributed by atoms with Gasteiger partial charge in [-0.3, -0.25) is 14.2 Å². The number of aromatic nitrogens is 2. The molecule has 6 nitrogen and oxygen atoms in total. The lowest BCUT2D eigenvalue weighted by atomic mass is 9.92. The van der Waals surface area contributed by atoms with Crippen LogP contribution in [-0.2, 0) is 34.7 Å². The van der Waals surface area contributed by atoms with Gasteiger partial charge in [-0.1, -0.05) is 26.8 Å². The van der Waals surface area contributed by atoms with E-state index in [1.54, 1.807) is 22.5 Å². The van der Waals surface area contributed by atoms with E-state index in [0.717, 1.165) is 17.8 Å². The fraction of sp³-hybridized carbons (Fsp3) is 0.500. The van der Waals surface area contributed by atoms with Crippen molar-refractivity contribution in [1.29, 1.82) is 0 Å². The molecule has 1 fully saturated rings. The molecule has 10 heteroatoms. The van der Waals surface area contributed by atoms with E-state index in [0.29, 0.717) is 19.3 Å². The monoisotopic (exact) mass is 429 g/mol. The number of halogens is 4. The van der Waals surface area contributed by atoms with Crippen molar-refractivity contribution in [3.63, 3.8) is 0 Å². The lowest BCUT2D eigenvalue weighted by Gasteiger charge is -2.21. The van der Waals surface area contributed by atoms with Gasteiger partial charge >= 0.3 is 6.18 Å². The number of nitrogens with zero attached hydrogens (tertiary/aromatic N) is 3. The van der Waals surface area contributed by atoms with Crippen molar-refractivity contribution >= 4 is 5.91 Å². The average Bonchev–Trinajstić information content (AvgIpc) is 3.24. The number of alkyl halides is 3. The molecule has 0 N–H and O–H groups in total. The zero-order chi connectivity index (χ0) is 22.3. The van der Waals surface area contributed by atoms with Crippen molar-refractivity contribution in [2.24, 2.45) is 12.0 Å². The van der Waals surface area contributed by atoms with Gasteiger partial charge in [-0.05, 0) is 12.1 Å². The molecule has 0 unspecified atom stereocenters. The summed E-state index contributed by atoms with van der Waals surface area (Å²) in [6, 6.07) is 4.20. The molecule has 30 heavy (non-hydrogen) atoms. The van der Waals surface area contributed by atoms with E-state index in [1.165, 1.54) is 0 Å². The number of hydrogen-bond donors (Lipinski definition) is 0. The molecule has 2 aromatic rings. The lowest BCUT2D eigenvalue weighted by Crippen LogP contribution is -2.31. The summed E-state index contributed by atoms with van der Waals surface area (Å²) in [5, 5.41) is 0. The van der Waals surface area contributed by atoms with Gasteiger partial charge in [0.25, 0.3) is 5.91 Å². The number of amides is 1. The second-order valence-electron chi connectivity index (χ2n) is 8.00. The summed E-state index contributed by atoms with van der Waals surface area (Å²) in [5.74, 6) is -2.74. The molecule has 1 aliphatic rings. The van der Waals surface area contributed by atoms with E-state index in [1.807, 2.05) is 20.8 Å². The van der Waals surface area contributed by atoms with Crippen LogP contribution in [0.5, 0.6) is 0 Å². The maximum Gasteiger partial charge on any atom is 0.419 e. The molecule has 1 amide bonds. The summed E-state index contributed by atoms with van der Waals surface area (Å²) < 4.78 is 67.6. The van der Waals surface area contributed by atoms with Crippen LogP contribution in [0, 0.1) is 5.82 Å². The summed E-state index contributed by atoms with van der Waals surface area (Å²) in [6.45, 7) is 6.98. The van der Waals surface area contributed by atoms with Crippen molar-refractivity contribution < 1.29 is 31.8 Å². The predicted molar refractivity (Wildman–Crippen MR) is 99.1 cm³/mol. The van der Waals surface area contributed by atoms with Crippen molar-refractivity contribution in [2.45, 2.75) is 45.2 Å². The normalized spacial score (nSPS) is 16.5. The molecule has 0 bridgehead atoms. The van der Waals surface area contributed by atoms with Crippen molar-refractivity contribution in [3.8, 4) is 0 Å². The minimum Gasteiger partial charge on any atom is -0.348 e. The smallest absolute Gasteiger partial charge is 0.348 e. The van der Waals surface area contributed by atoms with Crippen LogP contribution in [0.15, 0.2) is 29.3 Å². The van der Waals surface area contributed by atoms with Crippen LogP contribution in [0.2, 0.25) is 0 Å². The molecule has 0 radical (unpaired) electrons. The van der Waals surface area contributed by atoms with Gasteiger partial charge in [0.15, 0.2) is 11.8 Å². The molecule has 0 atom stereocenters. The Kier molecular flexibility index (Phi) is 5.92. The van der Waals surface area contributed by atoms with Gasteiger partial charge in [-0.2, -0.15) is 18.2 Å². The van der Waals surface area contributed by atoms with Crippen LogP contribution < -0.4 is 5.49 Å². The van der Waals surface area contributed by atoms with Crippen molar-refractivity contribution in [1.82, 2.24) is 9.36 Å². The molecular weight excluding hydrogens is 406 g/mol. The quantitative estimate of drug-likeness (QED) is 0.703. The lowest BCUT2D eigenvalue weighted by molar-refractivity contribution is -0.140. The summed E-state index contributed by atoms with van der Waals surface area (Å²) in [7, 11) is 1.77. The Morgan fingerprint density at radius 3 is 2.40 bits per heavy atom. The van der Waals surface area contributed by atoms with Crippen LogP contribution >= 0.6 is 0 Å². The highest BCUT2D eigenvalue weighted by Crippen LogP contribution is 2.32. The zero-order valence-corrected chi connectivity index (χ0v) is 17.1. The molecule has 3 rings (SSSR count). The molecule has 1 aliphatic heterocycles. The molecular formula is C20H23F4N3O3. The highest BCUT2D eigenvalue weighted by Gasteiger charge is 2.35. The summed E-state index contributed by atoms with van der Waals surface area (Å²) in [6.07, 6.45) is -5.46. The van der Waals surface area contributed by atoms with Crippen LogP contribution in [-0.4, -0.2) is 34.8 Å². The van der Waals surface area contributed by atoms with Gasteiger partial charge in [0, 0.05) is 24.2 Å². The Morgan fingerprint density at radius 2 is 1.83 bits per heavy atom. The van der Waals surface area contributed by atoms with Crippen molar-refractivity contribution in [2.75, 3.05) is 13.2 Å². The Labute approximate surface area is 170 Å². The van der Waals surface area contributed by atoms with E-state index in [4.69, 9.17) is 9.47 Å². The fourth-order valence-electron chi connectivity index (χ4n) is 3.32. The fourth-order valence-corrected chi connectivity index (χ4v) is 3.32. The van der Waals surface area contributed by atoms with Crippen LogP contribution in [0.3, 0.4) is 0 Å². The third kappa shape index (κ3) is 4.49. The minimum atomic E-state index is -4.91. The van der Waals surface area contributed by atoms with Gasteiger partial charge in [-0.15, -0.1) is 0 Å². The maximum atomic E-state index is 14.4. The second kappa shape index (κ2) is 7.99. The van der Waals surface area contributed by atoms with E-state index in [-0.39, 0.29) is 17.4 Å². The molecule has 0 aliphatic carbocycles. The topological polar surface area (TPSA) is 57.8 Å². The van der Waals surface area contributed by atoms with Crippen LogP contribution in [0.25, 0.3) is 0 Å². The Morgan fingerprint density at radius 1 is 1.20 bits per heavy atom. The SMILES string of the molecule is Cn1c(C(C)(C)C)c/c(=N/C(=O)c2cccc(C(F)(F)F)c2F)n1CC1OCCO1. The first-order valence-electron chi connectivity index (χ1n) is 9.35. The van der Waals surface area contributed by atoms with Gasteiger partial charge < -0.3 is 9.47 Å². The highest BCUT2D eigenvalue weighted by molar-refractivity contribution is 5.95. The summed E-state index contributed by atoms with van der Waals surface area (Å²) >= 11 is 0. The molecule has 0 spiro atoms. The maximum absolute atomic E-state index is 14.4. The first kappa shape index (κ1) is 22.2. The summed E-state index contributed by atoms with van der Waals surface area (Å²) in [5.41, 5.74) is -1.58. The molecule has 0 saturated carbocycles. The van der Waals surface area contributed by atoms with E-state index in [2.05, 4.69) is 4.99 Å². The number of carbonyl (C=O) groups excluding carboxylic acids is 1. The zero-order valence-electron chi connectivity index (χ0n) is 17.1. The van der Waals surface area contributed by atoms with E-state index in [9.17, 15) is 22.4 Å². The minimum absolute atomic E-state index is 0.170. The third-order valence-electron chi connectivity index (χ3n) is 4.77. The van der Waals surface area contributed by atoms with Crippen molar-refractivity contribution in [3.05, 3.63) is 52.4 Å². The van der Waals surface area contributed by atoms with Gasteiger partial charge in [0.1, 0.15) is 5.82 Å².